The van der Waals surface area contributed by atoms with Crippen LogP contribution in [0.25, 0.3) is 0 Å². The summed E-state index contributed by atoms with van der Waals surface area (Å²) in [5, 5.41) is 0. The van der Waals surface area contributed by atoms with E-state index in [1.54, 1.807) is 0 Å². The first-order valence-corrected chi connectivity index (χ1v) is 4.76. The summed E-state index contributed by atoms with van der Waals surface area (Å²) in [6, 6.07) is 10.9. The van der Waals surface area contributed by atoms with E-state index < -0.39 is 0 Å². The molecule has 1 heterocycles. The van der Waals surface area contributed by atoms with Gasteiger partial charge < -0.3 is 10.6 Å². The Labute approximate surface area is 79.4 Å². The largest absolute Gasteiger partial charge is 0.326 e. The van der Waals surface area contributed by atoms with Gasteiger partial charge in [0.05, 0.1) is 0 Å². The highest BCUT2D eigenvalue weighted by Crippen LogP contribution is 2.24. The SMILES string of the molecule is CN1C[C@@H](N)[C@@H](c2ccccc2)C1. The van der Waals surface area contributed by atoms with Crippen LogP contribution in [0.4, 0.5) is 0 Å². The van der Waals surface area contributed by atoms with Crippen molar-refractivity contribution in [2.24, 2.45) is 5.73 Å². The predicted molar refractivity (Wildman–Crippen MR) is 54.7 cm³/mol. The first-order chi connectivity index (χ1) is 6.27. The molecule has 0 aliphatic carbocycles. The summed E-state index contributed by atoms with van der Waals surface area (Å²) in [5.41, 5.74) is 7.43. The van der Waals surface area contributed by atoms with Gasteiger partial charge in [-0.2, -0.15) is 0 Å². The molecule has 0 radical (unpaired) electrons. The van der Waals surface area contributed by atoms with E-state index in [-0.39, 0.29) is 0 Å². The standard InChI is InChI=1S/C11H16N2/c1-13-7-10(11(12)8-13)9-5-3-2-4-6-9/h2-6,10-11H,7-8,12H2,1H3/t10-,11-/m1/s1. The molecule has 0 unspecified atom stereocenters. The van der Waals surface area contributed by atoms with Gasteiger partial charge in [0, 0.05) is 25.0 Å². The molecule has 0 saturated carbocycles. The highest BCUT2D eigenvalue weighted by molar-refractivity contribution is 5.23. The number of nitrogens with zero attached hydrogens (tertiary/aromatic N) is 1. The van der Waals surface area contributed by atoms with Gasteiger partial charge in [0.1, 0.15) is 0 Å². The topological polar surface area (TPSA) is 29.3 Å². The highest BCUT2D eigenvalue weighted by Gasteiger charge is 2.28. The van der Waals surface area contributed by atoms with Crippen LogP contribution in [0.2, 0.25) is 0 Å². The van der Waals surface area contributed by atoms with Crippen LogP contribution in [0.5, 0.6) is 0 Å². The molecule has 2 rings (SSSR count). The summed E-state index contributed by atoms with van der Waals surface area (Å²) in [5.74, 6) is 0.520. The highest BCUT2D eigenvalue weighted by atomic mass is 15.1. The monoisotopic (exact) mass is 176 g/mol. The summed E-state index contributed by atoms with van der Waals surface area (Å²) in [7, 11) is 2.13. The van der Waals surface area contributed by atoms with Crippen LogP contribution in [0.15, 0.2) is 30.3 Å². The van der Waals surface area contributed by atoms with Crippen LogP contribution in [0.3, 0.4) is 0 Å². The van der Waals surface area contributed by atoms with Gasteiger partial charge in [-0.25, -0.2) is 0 Å². The minimum absolute atomic E-state index is 0.299. The minimum atomic E-state index is 0.299. The molecule has 0 aromatic heterocycles. The van der Waals surface area contributed by atoms with E-state index in [9.17, 15) is 0 Å². The average molecular weight is 176 g/mol. The van der Waals surface area contributed by atoms with Gasteiger partial charge in [0.25, 0.3) is 0 Å². The van der Waals surface area contributed by atoms with Crippen molar-refractivity contribution in [3.8, 4) is 0 Å². The lowest BCUT2D eigenvalue weighted by Crippen LogP contribution is -2.27. The van der Waals surface area contributed by atoms with Gasteiger partial charge in [0.15, 0.2) is 0 Å². The van der Waals surface area contributed by atoms with Gasteiger partial charge in [-0.1, -0.05) is 30.3 Å². The average Bonchev–Trinajstić information content (AvgIpc) is 2.47. The summed E-state index contributed by atoms with van der Waals surface area (Å²) in [6.07, 6.45) is 0. The third kappa shape index (κ3) is 1.74. The van der Waals surface area contributed by atoms with E-state index in [1.165, 1.54) is 5.56 Å². The van der Waals surface area contributed by atoms with Crippen molar-refractivity contribution in [3.63, 3.8) is 0 Å². The summed E-state index contributed by atoms with van der Waals surface area (Å²) in [4.78, 5) is 2.29. The molecule has 0 spiro atoms. The normalized spacial score (nSPS) is 29.4. The van der Waals surface area contributed by atoms with Crippen LogP contribution in [0, 0.1) is 0 Å². The smallest absolute Gasteiger partial charge is 0.0249 e. The molecule has 1 aromatic carbocycles. The van der Waals surface area contributed by atoms with E-state index in [0.29, 0.717) is 12.0 Å². The summed E-state index contributed by atoms with van der Waals surface area (Å²) >= 11 is 0. The van der Waals surface area contributed by atoms with Crippen LogP contribution in [-0.4, -0.2) is 31.1 Å². The Balaban J connectivity index is 2.18. The van der Waals surface area contributed by atoms with Gasteiger partial charge in [-0.15, -0.1) is 0 Å². The number of likely N-dealkylation sites (N-methyl/N-ethyl adjacent to an activating group) is 1. The fraction of sp³-hybridized carbons (Fsp3) is 0.455. The molecule has 0 amide bonds. The van der Waals surface area contributed by atoms with Crippen LogP contribution >= 0.6 is 0 Å². The van der Waals surface area contributed by atoms with Crippen molar-refractivity contribution in [3.05, 3.63) is 35.9 Å². The molecule has 2 nitrogen and oxygen atoms in total. The van der Waals surface area contributed by atoms with Gasteiger partial charge in [-0.3, -0.25) is 0 Å². The Morgan fingerprint density at radius 2 is 1.92 bits per heavy atom. The van der Waals surface area contributed by atoms with Gasteiger partial charge in [0.2, 0.25) is 0 Å². The Bertz CT molecular complexity index is 271. The lowest BCUT2D eigenvalue weighted by Gasteiger charge is -2.13. The van der Waals surface area contributed by atoms with Crippen molar-refractivity contribution in [1.82, 2.24) is 4.90 Å². The molecule has 0 bridgehead atoms. The molecular formula is C11H16N2. The third-order valence-electron chi connectivity index (χ3n) is 2.78. The number of likely N-dealkylation sites (tertiary alicyclic amines) is 1. The van der Waals surface area contributed by atoms with Gasteiger partial charge in [-0.05, 0) is 12.6 Å². The Morgan fingerprint density at radius 1 is 1.23 bits per heavy atom. The summed E-state index contributed by atoms with van der Waals surface area (Å²) in [6.45, 7) is 2.10. The molecule has 2 atom stereocenters. The first kappa shape index (κ1) is 8.73. The van der Waals surface area contributed by atoms with Crippen molar-refractivity contribution in [1.29, 1.82) is 0 Å². The van der Waals surface area contributed by atoms with E-state index in [0.717, 1.165) is 13.1 Å². The van der Waals surface area contributed by atoms with Crippen LogP contribution < -0.4 is 5.73 Å². The Morgan fingerprint density at radius 3 is 2.46 bits per heavy atom. The maximum Gasteiger partial charge on any atom is 0.0249 e. The third-order valence-corrected chi connectivity index (χ3v) is 2.78. The molecule has 1 aromatic rings. The lowest BCUT2D eigenvalue weighted by atomic mass is 9.95. The van der Waals surface area contributed by atoms with E-state index in [4.69, 9.17) is 5.73 Å². The number of hydrogen-bond acceptors (Lipinski definition) is 2. The van der Waals surface area contributed by atoms with Crippen LogP contribution in [0.1, 0.15) is 11.5 Å². The molecule has 70 valence electrons. The Kier molecular flexibility index (Phi) is 2.34. The van der Waals surface area contributed by atoms with E-state index in [2.05, 4.69) is 36.2 Å². The number of rotatable bonds is 1. The second-order valence-electron chi connectivity index (χ2n) is 3.90. The lowest BCUT2D eigenvalue weighted by molar-refractivity contribution is 0.407. The first-order valence-electron chi connectivity index (χ1n) is 4.76. The predicted octanol–water partition coefficient (Wildman–Crippen LogP) is 1.04. The quantitative estimate of drug-likeness (QED) is 0.693. The summed E-state index contributed by atoms with van der Waals surface area (Å²) < 4.78 is 0. The zero-order valence-corrected chi connectivity index (χ0v) is 7.98. The van der Waals surface area contributed by atoms with Crippen molar-refractivity contribution in [2.45, 2.75) is 12.0 Å². The van der Waals surface area contributed by atoms with Crippen molar-refractivity contribution < 1.29 is 0 Å². The molecule has 1 aliphatic rings. The fourth-order valence-corrected chi connectivity index (χ4v) is 2.09. The molecule has 2 heteroatoms. The Hall–Kier alpha value is -0.860. The maximum atomic E-state index is 6.06. The van der Waals surface area contributed by atoms with Gasteiger partial charge >= 0.3 is 0 Å². The molecule has 1 saturated heterocycles. The number of benzene rings is 1. The molecule has 1 fully saturated rings. The van der Waals surface area contributed by atoms with E-state index in [1.807, 2.05) is 6.07 Å². The van der Waals surface area contributed by atoms with Crippen molar-refractivity contribution in [2.75, 3.05) is 20.1 Å². The zero-order chi connectivity index (χ0) is 9.26. The van der Waals surface area contributed by atoms with Crippen LogP contribution in [-0.2, 0) is 0 Å². The number of nitrogens with two attached hydrogens (primary N) is 1. The second kappa shape index (κ2) is 3.48. The molecular weight excluding hydrogens is 160 g/mol. The number of hydrogen-bond donors (Lipinski definition) is 1. The fourth-order valence-electron chi connectivity index (χ4n) is 2.09. The maximum absolute atomic E-state index is 6.06. The van der Waals surface area contributed by atoms with E-state index >= 15 is 0 Å². The second-order valence-corrected chi connectivity index (χ2v) is 3.90. The zero-order valence-electron chi connectivity index (χ0n) is 7.98. The molecule has 1 aliphatic heterocycles. The molecule has 2 N–H and O–H groups in total. The van der Waals surface area contributed by atoms with Crippen molar-refractivity contribution >= 4 is 0 Å². The minimum Gasteiger partial charge on any atom is -0.326 e. The molecule has 13 heavy (non-hydrogen) atoms.